The van der Waals surface area contributed by atoms with Crippen LogP contribution in [0.1, 0.15) is 26.3 Å². The monoisotopic (exact) mass is 770 g/mol. The van der Waals surface area contributed by atoms with E-state index in [2.05, 4.69) is 15.3 Å². The van der Waals surface area contributed by atoms with Gasteiger partial charge >= 0.3 is 11.9 Å². The number of phenols is 1. The van der Waals surface area contributed by atoms with Crippen molar-refractivity contribution >= 4 is 57.0 Å². The van der Waals surface area contributed by atoms with Crippen LogP contribution in [0.4, 0.5) is 11.4 Å². The number of aliphatic hydroxyl groups is 1. The Bertz CT molecular complexity index is 2360. The Kier molecular flexibility index (Phi) is 11.1. The minimum Gasteiger partial charge on any atom is -0.507 e. The number of benzene rings is 5. The van der Waals surface area contributed by atoms with Gasteiger partial charge in [-0.1, -0.05) is 30.3 Å². The van der Waals surface area contributed by atoms with E-state index >= 15 is 0 Å². The topological polar surface area (TPSA) is 234 Å². The number of hydrogen-bond acceptors (Lipinski definition) is 15. The predicted molar refractivity (Wildman–Crippen MR) is 191 cm³/mol. The Morgan fingerprint density at radius 1 is 0.815 bits per heavy atom. The van der Waals surface area contributed by atoms with E-state index in [-0.39, 0.29) is 39.8 Å². The van der Waals surface area contributed by atoms with E-state index in [1.807, 2.05) is 0 Å². The number of nitrogens with zero attached hydrogens (tertiary/aromatic N) is 4. The number of rotatable bonds is 13. The fraction of sp³-hybridized carbons (Fsp3) is 0.0556. The van der Waals surface area contributed by atoms with Crippen LogP contribution >= 0.6 is 12.0 Å². The predicted octanol–water partition coefficient (Wildman–Crippen LogP) is 6.19. The molecule has 6 rings (SSSR count). The van der Waals surface area contributed by atoms with Gasteiger partial charge in [-0.25, -0.2) is 14.6 Å². The van der Waals surface area contributed by atoms with Crippen LogP contribution in [0.5, 0.6) is 17.2 Å². The number of ether oxygens (including phenoxy) is 1. The molecular formula is C36H26N4O12S2. The average Bonchev–Trinajstić information content (AvgIpc) is 3.50. The molecule has 274 valence electrons. The van der Waals surface area contributed by atoms with Crippen molar-refractivity contribution in [2.45, 2.75) is 22.1 Å². The van der Waals surface area contributed by atoms with Crippen molar-refractivity contribution in [1.82, 2.24) is 0 Å². The van der Waals surface area contributed by atoms with Crippen LogP contribution in [0.15, 0.2) is 146 Å². The third kappa shape index (κ3) is 8.77. The largest absolute Gasteiger partial charge is 0.507 e. The quantitative estimate of drug-likeness (QED) is 0.0261. The maximum absolute atomic E-state index is 12.7. The maximum atomic E-state index is 12.7. The Labute approximate surface area is 310 Å². The minimum atomic E-state index is -4.47. The summed E-state index contributed by atoms with van der Waals surface area (Å²) < 4.78 is 42.6. The third-order valence-corrected chi connectivity index (χ3v) is 9.07. The second-order valence-electron chi connectivity index (χ2n) is 11.2. The first-order chi connectivity index (χ1) is 25.9. The highest BCUT2D eigenvalue weighted by atomic mass is 32.2. The smallest absolute Gasteiger partial charge is 0.374 e. The number of hydrogen-bond donors (Lipinski definition) is 4. The summed E-state index contributed by atoms with van der Waals surface area (Å²) in [5.74, 6) is -2.22. The number of aliphatic carboxylic acids is 1. The number of phenolic OH excluding ortho intramolecular Hbond substituents is 1. The first-order valence-electron chi connectivity index (χ1n) is 15.5. The van der Waals surface area contributed by atoms with Crippen molar-refractivity contribution in [3.8, 4) is 17.2 Å². The van der Waals surface area contributed by atoms with Gasteiger partial charge in [-0.15, -0.1) is 4.33 Å². The van der Waals surface area contributed by atoms with E-state index < -0.39 is 44.9 Å². The highest BCUT2D eigenvalue weighted by molar-refractivity contribution is 7.94. The molecule has 16 nitrogen and oxygen atoms in total. The lowest BCUT2D eigenvalue weighted by Gasteiger charge is -2.20. The van der Waals surface area contributed by atoms with Crippen molar-refractivity contribution in [1.29, 1.82) is 0 Å². The molecule has 4 N–H and O–H groups in total. The lowest BCUT2D eigenvalue weighted by molar-refractivity contribution is -0.132. The van der Waals surface area contributed by atoms with E-state index in [0.29, 0.717) is 16.2 Å². The Balaban J connectivity index is 0.990. The molecule has 0 amide bonds. The van der Waals surface area contributed by atoms with Crippen LogP contribution in [0, 0.1) is 0 Å². The van der Waals surface area contributed by atoms with Crippen LogP contribution in [-0.4, -0.2) is 64.0 Å². The van der Waals surface area contributed by atoms with Crippen LogP contribution in [0.25, 0.3) is 0 Å². The summed E-state index contributed by atoms with van der Waals surface area (Å²) in [5.41, 5.74) is 0.607. The van der Waals surface area contributed by atoms with Gasteiger partial charge in [0.05, 0.1) is 39.4 Å². The minimum absolute atomic E-state index is 0.125. The van der Waals surface area contributed by atoms with Gasteiger partial charge in [0, 0.05) is 16.5 Å². The van der Waals surface area contributed by atoms with Gasteiger partial charge in [0.2, 0.25) is 0 Å². The molecule has 0 spiro atoms. The number of aliphatic hydroxyl groups excluding tert-OH is 1. The summed E-state index contributed by atoms with van der Waals surface area (Å²) >= 11 is 0.724. The van der Waals surface area contributed by atoms with E-state index in [1.165, 1.54) is 66.7 Å². The molecule has 0 fully saturated rings. The molecule has 0 saturated carbocycles. The molecule has 0 bridgehead atoms. The van der Waals surface area contributed by atoms with Crippen molar-refractivity contribution in [3.05, 3.63) is 138 Å². The van der Waals surface area contributed by atoms with E-state index in [9.17, 15) is 42.7 Å². The molecule has 0 aromatic heterocycles. The summed E-state index contributed by atoms with van der Waals surface area (Å²) in [6.45, 7) is 0. The summed E-state index contributed by atoms with van der Waals surface area (Å²) in [5, 5.41) is 43.6. The fourth-order valence-corrected chi connectivity index (χ4v) is 5.82. The fourth-order valence-electron chi connectivity index (χ4n) is 4.91. The van der Waals surface area contributed by atoms with Crippen molar-refractivity contribution in [2.24, 2.45) is 15.3 Å². The van der Waals surface area contributed by atoms with Gasteiger partial charge in [0.1, 0.15) is 17.2 Å². The Morgan fingerprint density at radius 3 is 2.11 bits per heavy atom. The van der Waals surface area contributed by atoms with Gasteiger partial charge in [0.25, 0.3) is 10.1 Å². The van der Waals surface area contributed by atoms with E-state index in [4.69, 9.17) is 14.0 Å². The number of azo groups is 1. The molecular weight excluding hydrogens is 745 g/mol. The number of aromatic hydroxyl groups is 1. The molecule has 5 aromatic rings. The van der Waals surface area contributed by atoms with Gasteiger partial charge in [0.15, 0.2) is 23.8 Å². The van der Waals surface area contributed by atoms with Crippen LogP contribution in [0.3, 0.4) is 0 Å². The first-order valence-corrected chi connectivity index (χ1v) is 17.7. The number of carbonyl (C=O) groups excluding carboxylic acids is 2. The highest BCUT2D eigenvalue weighted by Crippen LogP contribution is 2.31. The zero-order valence-corrected chi connectivity index (χ0v) is 29.0. The molecule has 2 unspecified atom stereocenters. The van der Waals surface area contributed by atoms with E-state index in [1.54, 1.807) is 42.5 Å². The Morgan fingerprint density at radius 2 is 1.48 bits per heavy atom. The number of carboxylic acids is 1. The van der Waals surface area contributed by atoms with Gasteiger partial charge in [-0.05, 0) is 84.9 Å². The highest BCUT2D eigenvalue weighted by Gasteiger charge is 2.41. The molecule has 1 heterocycles. The molecule has 18 heteroatoms. The molecule has 0 aliphatic carbocycles. The molecule has 1 aliphatic heterocycles. The molecule has 5 aromatic carbocycles. The average molecular weight is 771 g/mol. The Hall–Kier alpha value is -6.44. The number of ketones is 1. The molecule has 0 saturated heterocycles. The van der Waals surface area contributed by atoms with E-state index in [0.717, 1.165) is 29.2 Å². The lowest BCUT2D eigenvalue weighted by atomic mass is 10.0. The second kappa shape index (κ2) is 16.1. The number of anilines is 1. The lowest BCUT2D eigenvalue weighted by Crippen LogP contribution is -2.37. The van der Waals surface area contributed by atoms with Gasteiger partial charge < -0.3 is 20.1 Å². The van der Waals surface area contributed by atoms with Crippen LogP contribution in [-0.2, 0) is 24.1 Å². The van der Waals surface area contributed by atoms with Crippen LogP contribution < -0.4 is 9.75 Å². The zero-order valence-electron chi connectivity index (χ0n) is 27.4. The normalized spacial score (nSPS) is 15.5. The number of carboxylic acid groups (broad SMARTS) is 1. The summed E-state index contributed by atoms with van der Waals surface area (Å²) in [6, 6.07) is 28.1. The SMILES string of the molecule is O=C(O)C1=NN(c2ccc(S(=O)(=O)O)cc2)C(O)C1N=Nc1ccc(SOOC(=O)c2ccc(Oc3ccc(C(=O)c4ccccc4)c(O)c3)cc2)cc1. The molecule has 0 radical (unpaired) electrons. The molecule has 1 aliphatic rings. The van der Waals surface area contributed by atoms with Crippen molar-refractivity contribution < 1.29 is 56.6 Å². The van der Waals surface area contributed by atoms with Crippen molar-refractivity contribution in [2.75, 3.05) is 5.01 Å². The van der Waals surface area contributed by atoms with Gasteiger partial charge in [-0.3, -0.25) is 14.2 Å². The summed E-state index contributed by atoms with van der Waals surface area (Å²) in [4.78, 5) is 42.0. The zero-order chi connectivity index (χ0) is 38.4. The summed E-state index contributed by atoms with van der Waals surface area (Å²) in [7, 11) is -4.47. The molecule has 2 atom stereocenters. The van der Waals surface area contributed by atoms with Gasteiger partial charge in [-0.2, -0.15) is 23.7 Å². The molecule has 54 heavy (non-hydrogen) atoms. The number of hydrazone groups is 1. The van der Waals surface area contributed by atoms with Crippen molar-refractivity contribution in [3.63, 3.8) is 0 Å². The standard InChI is InChI=1S/C36H26N4O12S2/c41-30-20-26(14-19-29(30)33(42)21-4-2-1-3-5-21)50-25-12-6-22(7-13-25)36(46)51-52-53-27-15-8-23(9-16-27)37-38-31-32(35(44)45)39-40(34(31)43)24-10-17-28(18-11-24)54(47,48)49/h1-20,31,34,41,43H,(H,44,45)(H,47,48,49). The number of carbonyl (C=O) groups is 3. The third-order valence-electron chi connectivity index (χ3n) is 7.60. The van der Waals surface area contributed by atoms with Crippen LogP contribution in [0.2, 0.25) is 0 Å². The second-order valence-corrected chi connectivity index (χ2v) is 13.4. The summed E-state index contributed by atoms with van der Waals surface area (Å²) in [6.07, 6.45) is -1.59. The maximum Gasteiger partial charge on any atom is 0.374 e. The first kappa shape index (κ1) is 37.3.